The largest absolute Gasteiger partial charge is 0.386 e. The van der Waals surface area contributed by atoms with E-state index in [4.69, 9.17) is 0 Å². The van der Waals surface area contributed by atoms with Gasteiger partial charge in [-0.1, -0.05) is 12.6 Å². The van der Waals surface area contributed by atoms with Crippen molar-refractivity contribution in [2.75, 3.05) is 19.6 Å². The first kappa shape index (κ1) is 18.1. The maximum absolute atomic E-state index is 13.6. The quantitative estimate of drug-likeness (QED) is 0.800. The summed E-state index contributed by atoms with van der Waals surface area (Å²) >= 11 is 0. The van der Waals surface area contributed by atoms with Gasteiger partial charge in [0.2, 0.25) is 11.8 Å². The topological polar surface area (TPSA) is 69.6 Å². The number of hydrogen-bond acceptors (Lipinski definition) is 3. The second-order valence-corrected chi connectivity index (χ2v) is 5.72. The second-order valence-electron chi connectivity index (χ2n) is 5.72. The van der Waals surface area contributed by atoms with Crippen molar-refractivity contribution in [2.24, 2.45) is 5.92 Å². The average molecular weight is 338 g/mol. The Hall–Kier alpha value is -2.28. The van der Waals surface area contributed by atoms with Crippen molar-refractivity contribution in [3.63, 3.8) is 0 Å². The first-order valence-corrected chi connectivity index (χ1v) is 7.75. The molecule has 0 spiro atoms. The highest BCUT2D eigenvalue weighted by molar-refractivity contribution is 5.88. The van der Waals surface area contributed by atoms with E-state index in [9.17, 15) is 23.5 Å². The summed E-state index contributed by atoms with van der Waals surface area (Å²) in [5.74, 6) is -2.73. The van der Waals surface area contributed by atoms with Crippen LogP contribution < -0.4 is 5.32 Å². The van der Waals surface area contributed by atoms with E-state index >= 15 is 0 Å². The molecule has 2 unspecified atom stereocenters. The molecular formula is C17H20F2N2O3. The summed E-state index contributed by atoms with van der Waals surface area (Å²) in [5.41, 5.74) is -0.468. The van der Waals surface area contributed by atoms with Gasteiger partial charge in [-0.2, -0.15) is 0 Å². The van der Waals surface area contributed by atoms with Crippen molar-refractivity contribution in [1.29, 1.82) is 0 Å². The predicted molar refractivity (Wildman–Crippen MR) is 83.8 cm³/mol. The zero-order valence-electron chi connectivity index (χ0n) is 13.2. The zero-order valence-corrected chi connectivity index (χ0v) is 13.2. The average Bonchev–Trinajstić information content (AvgIpc) is 2.58. The highest BCUT2D eigenvalue weighted by Gasteiger charge is 2.28. The Kier molecular flexibility index (Phi) is 6.03. The van der Waals surface area contributed by atoms with Gasteiger partial charge in [0.1, 0.15) is 17.7 Å². The van der Waals surface area contributed by atoms with Crippen LogP contribution in [0.3, 0.4) is 0 Å². The van der Waals surface area contributed by atoms with Crippen LogP contribution in [0.1, 0.15) is 24.5 Å². The third-order valence-corrected chi connectivity index (χ3v) is 4.08. The standard InChI is InChI=1S/C17H20F2N2O3/c1-2-15(23)21-8-4-5-11(10-21)17(24)20-9-14(22)16-12(18)6-3-7-13(16)19/h2-3,6-7,11,14,22H,1,4-5,8-10H2,(H,20,24). The van der Waals surface area contributed by atoms with Crippen LogP contribution in [0.25, 0.3) is 0 Å². The summed E-state index contributed by atoms with van der Waals surface area (Å²) in [6.07, 6.45) is 1.01. The number of carbonyl (C=O) groups is 2. The number of aliphatic hydroxyl groups excluding tert-OH is 1. The third-order valence-electron chi connectivity index (χ3n) is 4.08. The molecule has 1 saturated heterocycles. The molecule has 1 aliphatic rings. The lowest BCUT2D eigenvalue weighted by Gasteiger charge is -2.31. The highest BCUT2D eigenvalue weighted by atomic mass is 19.1. The Morgan fingerprint density at radius 1 is 1.42 bits per heavy atom. The number of hydrogen-bond donors (Lipinski definition) is 2. The van der Waals surface area contributed by atoms with E-state index < -0.39 is 29.2 Å². The number of rotatable bonds is 5. The van der Waals surface area contributed by atoms with Gasteiger partial charge in [0.25, 0.3) is 0 Å². The minimum absolute atomic E-state index is 0.235. The van der Waals surface area contributed by atoms with Crippen molar-refractivity contribution in [1.82, 2.24) is 10.2 Å². The number of nitrogens with one attached hydrogen (secondary N) is 1. The second kappa shape index (κ2) is 8.01. The van der Waals surface area contributed by atoms with Gasteiger partial charge in [0, 0.05) is 19.6 Å². The van der Waals surface area contributed by atoms with Crippen LogP contribution in [-0.4, -0.2) is 41.5 Å². The Bertz CT molecular complexity index is 616. The molecule has 5 nitrogen and oxygen atoms in total. The molecule has 1 aromatic rings. The molecule has 130 valence electrons. The van der Waals surface area contributed by atoms with E-state index in [0.717, 1.165) is 12.1 Å². The van der Waals surface area contributed by atoms with Crippen LogP contribution in [-0.2, 0) is 9.59 Å². The third kappa shape index (κ3) is 4.17. The molecule has 7 heteroatoms. The molecule has 0 bridgehead atoms. The maximum Gasteiger partial charge on any atom is 0.245 e. The van der Waals surface area contributed by atoms with Gasteiger partial charge in [0.05, 0.1) is 11.5 Å². The zero-order chi connectivity index (χ0) is 17.7. The van der Waals surface area contributed by atoms with Crippen molar-refractivity contribution in [3.05, 3.63) is 48.1 Å². The summed E-state index contributed by atoms with van der Waals surface area (Å²) in [4.78, 5) is 25.3. The number of benzene rings is 1. The minimum Gasteiger partial charge on any atom is -0.386 e. The van der Waals surface area contributed by atoms with Crippen LogP contribution in [0.5, 0.6) is 0 Å². The number of amides is 2. The summed E-state index contributed by atoms with van der Waals surface area (Å²) < 4.78 is 27.2. The lowest BCUT2D eigenvalue weighted by atomic mass is 9.97. The van der Waals surface area contributed by atoms with Crippen LogP contribution in [0.15, 0.2) is 30.9 Å². The molecule has 0 aliphatic carbocycles. The summed E-state index contributed by atoms with van der Waals surface area (Å²) in [5, 5.41) is 12.4. The maximum atomic E-state index is 13.6. The smallest absolute Gasteiger partial charge is 0.245 e. The number of halogens is 2. The van der Waals surface area contributed by atoms with E-state index in [1.807, 2.05) is 0 Å². The monoisotopic (exact) mass is 338 g/mol. The van der Waals surface area contributed by atoms with Gasteiger partial charge in [-0.25, -0.2) is 8.78 Å². The molecule has 0 radical (unpaired) electrons. The molecule has 0 saturated carbocycles. The molecule has 2 N–H and O–H groups in total. The predicted octanol–water partition coefficient (Wildman–Crippen LogP) is 1.54. The molecule has 0 aromatic heterocycles. The van der Waals surface area contributed by atoms with Gasteiger partial charge in [-0.05, 0) is 31.1 Å². The van der Waals surface area contributed by atoms with E-state index in [1.54, 1.807) is 0 Å². The van der Waals surface area contributed by atoms with E-state index in [-0.39, 0.29) is 24.9 Å². The number of likely N-dealkylation sites (tertiary alicyclic amines) is 1. The first-order valence-electron chi connectivity index (χ1n) is 7.75. The van der Waals surface area contributed by atoms with Crippen LogP contribution in [0.4, 0.5) is 8.78 Å². The molecule has 2 amide bonds. The van der Waals surface area contributed by atoms with Gasteiger partial charge >= 0.3 is 0 Å². The van der Waals surface area contributed by atoms with Crippen LogP contribution >= 0.6 is 0 Å². The van der Waals surface area contributed by atoms with Crippen molar-refractivity contribution in [2.45, 2.75) is 18.9 Å². The van der Waals surface area contributed by atoms with Crippen molar-refractivity contribution in [3.8, 4) is 0 Å². The lowest BCUT2D eigenvalue weighted by Crippen LogP contribution is -2.45. The minimum atomic E-state index is -1.48. The van der Waals surface area contributed by atoms with Crippen LogP contribution in [0.2, 0.25) is 0 Å². The molecular weight excluding hydrogens is 318 g/mol. The molecule has 1 fully saturated rings. The summed E-state index contributed by atoms with van der Waals surface area (Å²) in [6.45, 7) is 3.95. The molecule has 1 aliphatic heterocycles. The Labute approximate surface area is 139 Å². The summed E-state index contributed by atoms with van der Waals surface area (Å²) in [7, 11) is 0. The molecule has 2 atom stereocenters. The van der Waals surface area contributed by atoms with Gasteiger partial charge in [-0.15, -0.1) is 0 Å². The Morgan fingerprint density at radius 2 is 2.08 bits per heavy atom. The van der Waals surface area contributed by atoms with Crippen molar-refractivity contribution >= 4 is 11.8 Å². The molecule has 1 aromatic carbocycles. The fourth-order valence-electron chi connectivity index (χ4n) is 2.79. The lowest BCUT2D eigenvalue weighted by molar-refractivity contribution is -0.132. The van der Waals surface area contributed by atoms with E-state index in [1.165, 1.54) is 17.0 Å². The first-order chi connectivity index (χ1) is 11.4. The van der Waals surface area contributed by atoms with Gasteiger partial charge in [-0.3, -0.25) is 9.59 Å². The Morgan fingerprint density at radius 3 is 2.71 bits per heavy atom. The number of carbonyl (C=O) groups excluding carboxylic acids is 2. The van der Waals surface area contributed by atoms with Crippen molar-refractivity contribution < 1.29 is 23.5 Å². The number of piperidine rings is 1. The summed E-state index contributed by atoms with van der Waals surface area (Å²) in [6, 6.07) is 3.29. The molecule has 2 rings (SSSR count). The highest BCUT2D eigenvalue weighted by Crippen LogP contribution is 2.21. The number of aliphatic hydroxyl groups is 1. The van der Waals surface area contributed by atoms with Crippen LogP contribution in [0, 0.1) is 17.6 Å². The normalized spacial score (nSPS) is 18.8. The Balaban J connectivity index is 1.93. The van der Waals surface area contributed by atoms with Gasteiger partial charge < -0.3 is 15.3 Å². The van der Waals surface area contributed by atoms with E-state index in [2.05, 4.69) is 11.9 Å². The van der Waals surface area contributed by atoms with E-state index in [0.29, 0.717) is 19.4 Å². The van der Waals surface area contributed by atoms with Gasteiger partial charge in [0.15, 0.2) is 0 Å². The SMILES string of the molecule is C=CC(=O)N1CCCC(C(=O)NCC(O)c2c(F)cccc2F)C1. The molecule has 1 heterocycles. The number of nitrogens with zero attached hydrogens (tertiary/aromatic N) is 1. The fourth-order valence-corrected chi connectivity index (χ4v) is 2.79. The molecule has 24 heavy (non-hydrogen) atoms. The fraction of sp³-hybridized carbons (Fsp3) is 0.412.